The highest BCUT2D eigenvalue weighted by Gasteiger charge is 2.53. The van der Waals surface area contributed by atoms with Crippen LogP contribution in [0.15, 0.2) is 34.6 Å². The van der Waals surface area contributed by atoms with Crippen molar-refractivity contribution in [1.29, 1.82) is 0 Å². The van der Waals surface area contributed by atoms with Gasteiger partial charge in [0.2, 0.25) is 0 Å². The fourth-order valence-corrected chi connectivity index (χ4v) is 4.38. The summed E-state index contributed by atoms with van der Waals surface area (Å²) in [5.41, 5.74) is 2.91. The minimum absolute atomic E-state index is 0. The van der Waals surface area contributed by atoms with E-state index in [9.17, 15) is 14.7 Å². The Kier molecular flexibility index (Phi) is 5.67. The molecule has 0 aromatic rings. The molecule has 4 unspecified atom stereocenters. The lowest BCUT2D eigenvalue weighted by atomic mass is 9.71. The number of hydrogen-bond donors (Lipinski definition) is 1. The summed E-state index contributed by atoms with van der Waals surface area (Å²) < 4.78 is 16.1. The molecule has 0 aromatic heterocycles. The average Bonchev–Trinajstić information content (AvgIpc) is 3.15. The Bertz CT molecular complexity index is 754. The van der Waals surface area contributed by atoms with Gasteiger partial charge >= 0.3 is 11.9 Å². The van der Waals surface area contributed by atoms with E-state index in [1.165, 1.54) is 6.26 Å². The molecule has 0 bridgehead atoms. The van der Waals surface area contributed by atoms with Crippen LogP contribution in [0.3, 0.4) is 0 Å². The third-order valence-corrected chi connectivity index (χ3v) is 5.74. The van der Waals surface area contributed by atoms with Crippen molar-refractivity contribution in [3.63, 3.8) is 0 Å². The second-order valence-electron chi connectivity index (χ2n) is 7.85. The molecule has 0 amide bonds. The van der Waals surface area contributed by atoms with Gasteiger partial charge in [-0.2, -0.15) is 0 Å². The van der Waals surface area contributed by atoms with E-state index in [2.05, 4.69) is 13.8 Å². The molecule has 6 nitrogen and oxygen atoms in total. The number of fused-ring (bicyclic) bond motifs is 2. The Morgan fingerprint density at radius 2 is 2.00 bits per heavy atom. The van der Waals surface area contributed by atoms with Gasteiger partial charge in [-0.25, -0.2) is 9.59 Å². The standard InChI is InChI=1S/C19H22O6.CH4.B.H2/c1-9-6-14(24-17(9)21)23-8-12-10-7-11-13(20)4-5-19(2,3)15(11)16(10)25-18(12)22;;;/h6,8,10,13-14,16,20H,4-5,7H2,1-3H3;1H4;;1H/b12-8+;;;/i;;;1+1. The molecule has 147 valence electrons. The number of hydrogen-bond acceptors (Lipinski definition) is 6. The van der Waals surface area contributed by atoms with E-state index in [1.54, 1.807) is 13.0 Å². The molecule has 4 atom stereocenters. The van der Waals surface area contributed by atoms with Gasteiger partial charge in [-0.1, -0.05) is 21.3 Å². The molecule has 0 aromatic carbocycles. The van der Waals surface area contributed by atoms with Gasteiger partial charge in [0.15, 0.2) is 0 Å². The third-order valence-electron chi connectivity index (χ3n) is 5.74. The number of carbonyl (C=O) groups excluding carboxylic acids is 2. The van der Waals surface area contributed by atoms with Crippen LogP contribution in [0.25, 0.3) is 0 Å². The molecule has 1 fully saturated rings. The molecule has 7 heteroatoms. The molecule has 27 heavy (non-hydrogen) atoms. The normalized spacial score (nSPS) is 34.8. The lowest BCUT2D eigenvalue weighted by Crippen LogP contribution is -2.31. The molecule has 3 radical (unpaired) electrons. The van der Waals surface area contributed by atoms with Crippen molar-refractivity contribution in [2.45, 2.75) is 66.0 Å². The fraction of sp³-hybridized carbons (Fsp3) is 0.600. The molecule has 1 N–H and O–H groups in total. The summed E-state index contributed by atoms with van der Waals surface area (Å²) in [6, 6.07) is 0. The zero-order valence-corrected chi connectivity index (χ0v) is 15.2. The van der Waals surface area contributed by atoms with Crippen molar-refractivity contribution in [2.24, 2.45) is 11.3 Å². The maximum absolute atomic E-state index is 12.3. The number of ether oxygens (including phenoxy) is 3. The Morgan fingerprint density at radius 1 is 1.30 bits per heavy atom. The van der Waals surface area contributed by atoms with E-state index in [4.69, 9.17) is 14.2 Å². The Morgan fingerprint density at radius 3 is 2.63 bits per heavy atom. The highest BCUT2D eigenvalue weighted by atomic mass is 16.7. The lowest BCUT2D eigenvalue weighted by Gasteiger charge is -2.36. The van der Waals surface area contributed by atoms with Crippen LogP contribution >= 0.6 is 0 Å². The zero-order chi connectivity index (χ0) is 17.9. The molecular formula is C20H28BO6. The van der Waals surface area contributed by atoms with Gasteiger partial charge in [-0.15, -0.1) is 0 Å². The van der Waals surface area contributed by atoms with E-state index in [1.807, 2.05) is 0 Å². The number of aliphatic hydroxyl groups is 1. The summed E-state index contributed by atoms with van der Waals surface area (Å²) in [5.74, 6) is -0.965. The van der Waals surface area contributed by atoms with Gasteiger partial charge < -0.3 is 19.3 Å². The van der Waals surface area contributed by atoms with Crippen molar-refractivity contribution in [3.8, 4) is 0 Å². The summed E-state index contributed by atoms with van der Waals surface area (Å²) in [6.07, 6.45) is 3.53. The maximum Gasteiger partial charge on any atom is 0.338 e. The van der Waals surface area contributed by atoms with E-state index in [0.29, 0.717) is 17.6 Å². The minimum atomic E-state index is -0.808. The van der Waals surface area contributed by atoms with Crippen LogP contribution < -0.4 is 0 Å². The van der Waals surface area contributed by atoms with Crippen LogP contribution in [-0.2, 0) is 23.8 Å². The van der Waals surface area contributed by atoms with Crippen molar-refractivity contribution in [2.75, 3.05) is 0 Å². The quantitative estimate of drug-likeness (QED) is 0.262. The summed E-state index contributed by atoms with van der Waals surface area (Å²) in [7, 11) is 0. The van der Waals surface area contributed by atoms with Crippen LogP contribution in [0.2, 0.25) is 0 Å². The molecule has 2 aliphatic heterocycles. The Balaban J connectivity index is 0.00000131. The first kappa shape index (κ1) is 21.3. The number of aliphatic hydroxyl groups excluding tert-OH is 1. The number of rotatable bonds is 2. The van der Waals surface area contributed by atoms with E-state index < -0.39 is 24.3 Å². The van der Waals surface area contributed by atoms with Gasteiger partial charge in [0, 0.05) is 27.4 Å². The highest BCUT2D eigenvalue weighted by molar-refractivity contribution is 5.92. The molecule has 1 saturated heterocycles. The van der Waals surface area contributed by atoms with E-state index >= 15 is 0 Å². The average molecular weight is 376 g/mol. The second kappa shape index (κ2) is 7.19. The highest BCUT2D eigenvalue weighted by Crippen LogP contribution is 2.54. The Labute approximate surface area is 163 Å². The zero-order valence-electron chi connectivity index (χ0n) is 15.2. The van der Waals surface area contributed by atoms with Crippen LogP contribution in [0.5, 0.6) is 0 Å². The van der Waals surface area contributed by atoms with Gasteiger partial charge in [-0.05, 0) is 42.7 Å². The fourth-order valence-electron chi connectivity index (χ4n) is 4.38. The van der Waals surface area contributed by atoms with E-state index in [-0.39, 0.29) is 34.7 Å². The molecule has 2 aliphatic carbocycles. The summed E-state index contributed by atoms with van der Waals surface area (Å²) in [6.45, 7) is 5.92. The van der Waals surface area contributed by atoms with Crippen molar-refractivity contribution in [1.82, 2.24) is 0 Å². The number of esters is 2. The predicted molar refractivity (Wildman–Crippen MR) is 101 cm³/mol. The maximum atomic E-state index is 12.3. The van der Waals surface area contributed by atoms with E-state index in [0.717, 1.165) is 24.0 Å². The van der Waals surface area contributed by atoms with Crippen molar-refractivity contribution >= 4 is 20.4 Å². The molecule has 0 spiro atoms. The monoisotopic (exact) mass is 376 g/mol. The first-order valence-electron chi connectivity index (χ1n) is 8.65. The molecule has 0 saturated carbocycles. The predicted octanol–water partition coefficient (Wildman–Crippen LogP) is 2.64. The molecule has 4 aliphatic rings. The number of carbonyl (C=O) groups is 2. The summed E-state index contributed by atoms with van der Waals surface area (Å²) in [5, 5.41) is 10.4. The van der Waals surface area contributed by atoms with Crippen LogP contribution in [0.4, 0.5) is 0 Å². The largest absolute Gasteiger partial charge is 0.458 e. The van der Waals surface area contributed by atoms with Crippen molar-refractivity contribution in [3.05, 3.63) is 34.6 Å². The third kappa shape index (κ3) is 3.33. The van der Waals surface area contributed by atoms with Crippen LogP contribution in [0, 0.1) is 11.3 Å². The molecular weight excluding hydrogens is 347 g/mol. The smallest absolute Gasteiger partial charge is 0.338 e. The van der Waals surface area contributed by atoms with Gasteiger partial charge in [0.25, 0.3) is 6.29 Å². The number of cyclic esters (lactones) is 1. The Hall–Kier alpha value is -2.02. The topological polar surface area (TPSA) is 82.1 Å². The van der Waals surface area contributed by atoms with Gasteiger partial charge in [0.05, 0.1) is 17.9 Å². The van der Waals surface area contributed by atoms with Gasteiger partial charge in [0.1, 0.15) is 6.10 Å². The first-order chi connectivity index (χ1) is 11.8. The summed E-state index contributed by atoms with van der Waals surface area (Å²) >= 11 is 0. The van der Waals surface area contributed by atoms with Crippen LogP contribution in [0.1, 0.15) is 48.9 Å². The van der Waals surface area contributed by atoms with Crippen LogP contribution in [-0.4, -0.2) is 44.0 Å². The second-order valence-corrected chi connectivity index (χ2v) is 7.85. The van der Waals surface area contributed by atoms with Gasteiger partial charge in [-0.3, -0.25) is 0 Å². The SMILES string of the molecule is C.CC1=CC(O/C=C2/C(=O)OC3C4=C(CC23)C(O)CCC4(C)C)OC1=O.[2HH].[B]. The molecule has 4 rings (SSSR count). The lowest BCUT2D eigenvalue weighted by molar-refractivity contribution is -0.152. The summed E-state index contributed by atoms with van der Waals surface area (Å²) in [4.78, 5) is 23.7. The molecule has 2 heterocycles. The first-order valence-corrected chi connectivity index (χ1v) is 8.65. The van der Waals surface area contributed by atoms with Crippen molar-refractivity contribution < 1.29 is 30.3 Å². The minimum Gasteiger partial charge on any atom is -0.458 e.